The van der Waals surface area contributed by atoms with Crippen molar-refractivity contribution in [3.63, 3.8) is 0 Å². The quantitative estimate of drug-likeness (QED) is 0.493. The van der Waals surface area contributed by atoms with E-state index in [0.717, 1.165) is 19.3 Å². The summed E-state index contributed by atoms with van der Waals surface area (Å²) in [6.07, 6.45) is 5.75. The van der Waals surface area contributed by atoms with Gasteiger partial charge in [-0.15, -0.1) is 0 Å². The minimum Gasteiger partial charge on any atom is -0.0651 e. The maximum Gasteiger partial charge on any atom is -0.00806 e. The molecule has 0 heteroatoms. The lowest BCUT2D eigenvalue weighted by Gasteiger charge is -2.17. The van der Waals surface area contributed by atoms with Crippen molar-refractivity contribution in [2.45, 2.75) is 51.9 Å². The van der Waals surface area contributed by atoms with Gasteiger partial charge >= 0.3 is 0 Å². The van der Waals surface area contributed by atoms with Crippen molar-refractivity contribution in [2.24, 2.45) is 0 Å². The van der Waals surface area contributed by atoms with Gasteiger partial charge in [0.1, 0.15) is 0 Å². The third-order valence-electron chi connectivity index (χ3n) is 5.81. The fourth-order valence-corrected chi connectivity index (χ4v) is 4.34. The highest BCUT2D eigenvalue weighted by Gasteiger charge is 2.22. The summed E-state index contributed by atoms with van der Waals surface area (Å²) >= 11 is 0. The van der Waals surface area contributed by atoms with E-state index < -0.39 is 0 Å². The van der Waals surface area contributed by atoms with Crippen molar-refractivity contribution >= 4 is 0 Å². The van der Waals surface area contributed by atoms with E-state index in [1.165, 1.54) is 51.8 Å². The number of hydrogen-bond donors (Lipinski definition) is 0. The summed E-state index contributed by atoms with van der Waals surface area (Å²) < 4.78 is 0. The monoisotopic (exact) mass is 340 g/mol. The maximum atomic E-state index is 2.44. The van der Waals surface area contributed by atoms with Crippen LogP contribution in [0.15, 0.2) is 66.7 Å². The Bertz CT molecular complexity index is 886. The summed E-state index contributed by atoms with van der Waals surface area (Å²) in [7, 11) is 0. The van der Waals surface area contributed by atoms with Gasteiger partial charge in [-0.2, -0.15) is 0 Å². The predicted octanol–water partition coefficient (Wildman–Crippen LogP) is 6.75. The molecule has 26 heavy (non-hydrogen) atoms. The largest absolute Gasteiger partial charge is 0.0651 e. The molecule has 0 aromatic heterocycles. The van der Waals surface area contributed by atoms with E-state index >= 15 is 0 Å². The van der Waals surface area contributed by atoms with Gasteiger partial charge in [0.05, 0.1) is 0 Å². The second-order valence-electron chi connectivity index (χ2n) is 7.60. The Morgan fingerprint density at radius 2 is 1.42 bits per heavy atom. The molecule has 1 atom stereocenters. The van der Waals surface area contributed by atoms with Crippen molar-refractivity contribution < 1.29 is 0 Å². The summed E-state index contributed by atoms with van der Waals surface area (Å²) in [6.45, 7) is 4.49. The average molecular weight is 341 g/mol. The Balaban J connectivity index is 1.76. The number of fused-ring (bicyclic) bond motifs is 3. The van der Waals surface area contributed by atoms with Crippen LogP contribution in [0, 0.1) is 0 Å². The zero-order valence-electron chi connectivity index (χ0n) is 16.0. The molecule has 0 fully saturated rings. The average Bonchev–Trinajstić information content (AvgIpc) is 2.85. The van der Waals surface area contributed by atoms with E-state index in [1.54, 1.807) is 0 Å². The van der Waals surface area contributed by atoms with Crippen LogP contribution in [0.4, 0.5) is 0 Å². The van der Waals surface area contributed by atoms with Crippen molar-refractivity contribution in [3.8, 4) is 11.1 Å². The van der Waals surface area contributed by atoms with Gasteiger partial charge in [0.2, 0.25) is 0 Å². The van der Waals surface area contributed by atoms with Crippen LogP contribution in [-0.4, -0.2) is 0 Å². The molecular formula is C26H28. The highest BCUT2D eigenvalue weighted by Crippen LogP contribution is 2.38. The number of rotatable bonds is 4. The lowest BCUT2D eigenvalue weighted by atomic mass is 9.87. The van der Waals surface area contributed by atoms with Gasteiger partial charge in [0.15, 0.2) is 0 Å². The Hall–Kier alpha value is -2.34. The lowest BCUT2D eigenvalue weighted by molar-refractivity contribution is 0.687. The molecule has 0 N–H and O–H groups in total. The van der Waals surface area contributed by atoms with Crippen LogP contribution in [0.25, 0.3) is 11.1 Å². The van der Waals surface area contributed by atoms with Crippen molar-refractivity contribution in [1.82, 2.24) is 0 Å². The second kappa shape index (κ2) is 7.50. The molecule has 1 aliphatic rings. The molecule has 132 valence electrons. The van der Waals surface area contributed by atoms with E-state index in [9.17, 15) is 0 Å². The zero-order chi connectivity index (χ0) is 17.9. The van der Waals surface area contributed by atoms with E-state index in [1.807, 2.05) is 0 Å². The fraction of sp³-hybridized carbons (Fsp3) is 0.308. The summed E-state index contributed by atoms with van der Waals surface area (Å²) in [5.74, 6) is 0.556. The first kappa shape index (κ1) is 17.1. The predicted molar refractivity (Wildman–Crippen MR) is 112 cm³/mol. The molecule has 0 aliphatic heterocycles. The first-order valence-corrected chi connectivity index (χ1v) is 10.1. The van der Waals surface area contributed by atoms with E-state index in [4.69, 9.17) is 0 Å². The fourth-order valence-electron chi connectivity index (χ4n) is 4.34. The van der Waals surface area contributed by atoms with Gasteiger partial charge < -0.3 is 0 Å². The smallest absolute Gasteiger partial charge is 0.00806 e. The second-order valence-corrected chi connectivity index (χ2v) is 7.60. The summed E-state index contributed by atoms with van der Waals surface area (Å²) in [4.78, 5) is 0. The molecule has 3 aromatic rings. The summed E-state index contributed by atoms with van der Waals surface area (Å²) in [6, 6.07) is 25.5. The van der Waals surface area contributed by atoms with Crippen LogP contribution in [0.1, 0.15) is 54.0 Å². The Morgan fingerprint density at radius 3 is 2.19 bits per heavy atom. The highest BCUT2D eigenvalue weighted by atomic mass is 14.3. The van der Waals surface area contributed by atoms with Crippen LogP contribution in [0.5, 0.6) is 0 Å². The molecule has 0 amide bonds. The molecule has 0 bridgehead atoms. The molecule has 0 nitrogen and oxygen atoms in total. The van der Waals surface area contributed by atoms with Crippen molar-refractivity contribution in [1.29, 1.82) is 0 Å². The topological polar surface area (TPSA) is 0 Å². The molecule has 0 saturated heterocycles. The molecule has 1 aliphatic carbocycles. The normalized spacial score (nSPS) is 15.8. The summed E-state index contributed by atoms with van der Waals surface area (Å²) in [5, 5.41) is 0. The molecule has 4 rings (SSSR count). The van der Waals surface area contributed by atoms with Crippen molar-refractivity contribution in [2.75, 3.05) is 0 Å². The molecule has 1 unspecified atom stereocenters. The minimum atomic E-state index is 0.556. The van der Waals surface area contributed by atoms with Gasteiger partial charge in [-0.3, -0.25) is 0 Å². The Kier molecular flexibility index (Phi) is 4.93. The molecule has 0 radical (unpaired) electrons. The SMILES string of the molecule is CCCc1ccc(C2Cc3ccccc3-c3ccc(CC)cc3C2)cc1. The minimum absolute atomic E-state index is 0.556. The van der Waals surface area contributed by atoms with E-state index in [2.05, 4.69) is 80.6 Å². The van der Waals surface area contributed by atoms with Gasteiger partial charge in [-0.25, -0.2) is 0 Å². The van der Waals surface area contributed by atoms with Crippen LogP contribution in [0.3, 0.4) is 0 Å². The zero-order valence-corrected chi connectivity index (χ0v) is 16.0. The highest BCUT2D eigenvalue weighted by molar-refractivity contribution is 5.72. The van der Waals surface area contributed by atoms with Crippen molar-refractivity contribution in [3.05, 3.63) is 94.5 Å². The Morgan fingerprint density at radius 1 is 0.731 bits per heavy atom. The third kappa shape index (κ3) is 3.33. The van der Waals surface area contributed by atoms with E-state index in [0.29, 0.717) is 5.92 Å². The first-order valence-electron chi connectivity index (χ1n) is 10.1. The number of aryl methyl sites for hydroxylation is 2. The Labute approximate surface area is 157 Å². The van der Waals surface area contributed by atoms with Crippen LogP contribution >= 0.6 is 0 Å². The molecular weight excluding hydrogens is 312 g/mol. The number of hydrogen-bond acceptors (Lipinski definition) is 0. The standard InChI is InChI=1S/C26H28/c1-3-7-20-10-13-21(14-11-20)23-17-22-8-5-6-9-25(22)26-15-12-19(4-2)16-24(26)18-23/h5-6,8-16,23H,3-4,7,17-18H2,1-2H3. The van der Waals surface area contributed by atoms with Crippen LogP contribution in [-0.2, 0) is 25.7 Å². The maximum absolute atomic E-state index is 2.44. The summed E-state index contributed by atoms with van der Waals surface area (Å²) in [5.41, 5.74) is 10.2. The van der Waals surface area contributed by atoms with Crippen LogP contribution in [0.2, 0.25) is 0 Å². The van der Waals surface area contributed by atoms with Crippen LogP contribution < -0.4 is 0 Å². The third-order valence-corrected chi connectivity index (χ3v) is 5.81. The van der Waals surface area contributed by atoms with Gasteiger partial charge in [0.25, 0.3) is 0 Å². The first-order chi connectivity index (χ1) is 12.8. The van der Waals surface area contributed by atoms with Gasteiger partial charge in [0, 0.05) is 0 Å². The van der Waals surface area contributed by atoms with Gasteiger partial charge in [-0.1, -0.05) is 87.0 Å². The number of benzene rings is 3. The molecule has 3 aromatic carbocycles. The lowest BCUT2D eigenvalue weighted by Crippen LogP contribution is -2.05. The van der Waals surface area contributed by atoms with E-state index in [-0.39, 0.29) is 0 Å². The molecule has 0 spiro atoms. The van der Waals surface area contributed by atoms with Gasteiger partial charge in [-0.05, 0) is 70.5 Å². The molecule has 0 heterocycles. The molecule has 0 saturated carbocycles.